The van der Waals surface area contributed by atoms with Gasteiger partial charge in [-0.3, -0.25) is 0 Å². The highest BCUT2D eigenvalue weighted by molar-refractivity contribution is 5.52. The van der Waals surface area contributed by atoms with E-state index in [0.29, 0.717) is 6.04 Å². The van der Waals surface area contributed by atoms with Crippen molar-refractivity contribution in [3.63, 3.8) is 0 Å². The van der Waals surface area contributed by atoms with Crippen LogP contribution < -0.4 is 10.6 Å². The van der Waals surface area contributed by atoms with Gasteiger partial charge in [0, 0.05) is 12.6 Å². The van der Waals surface area contributed by atoms with E-state index in [0.717, 1.165) is 37.4 Å². The maximum Gasteiger partial charge on any atom is 0.131 e. The van der Waals surface area contributed by atoms with Gasteiger partial charge in [0.2, 0.25) is 0 Å². The average Bonchev–Trinajstić information content (AvgIpc) is 2.60. The van der Waals surface area contributed by atoms with E-state index in [1.165, 1.54) is 18.4 Å². The largest absolute Gasteiger partial charge is 0.370 e. The Morgan fingerprint density at radius 2 is 2.12 bits per heavy atom. The highest BCUT2D eigenvalue weighted by atomic mass is 15.1. The third-order valence-electron chi connectivity index (χ3n) is 3.48. The Morgan fingerprint density at radius 1 is 1.29 bits per heavy atom. The van der Waals surface area contributed by atoms with Crippen molar-refractivity contribution in [3.8, 4) is 0 Å². The van der Waals surface area contributed by atoms with E-state index in [9.17, 15) is 0 Å². The Bertz CT molecular complexity index is 358. The van der Waals surface area contributed by atoms with Crippen molar-refractivity contribution in [2.24, 2.45) is 0 Å². The zero-order valence-electron chi connectivity index (χ0n) is 10.9. The molecule has 0 unspecified atom stereocenters. The van der Waals surface area contributed by atoms with Gasteiger partial charge in [-0.1, -0.05) is 19.9 Å². The molecule has 0 radical (unpaired) electrons. The van der Waals surface area contributed by atoms with E-state index < -0.39 is 0 Å². The van der Waals surface area contributed by atoms with E-state index in [-0.39, 0.29) is 0 Å². The second-order valence-electron chi connectivity index (χ2n) is 4.75. The lowest BCUT2D eigenvalue weighted by Crippen LogP contribution is -2.18. The number of nitrogens with one attached hydrogen (secondary N) is 2. The maximum atomic E-state index is 4.69. The molecule has 0 aromatic carbocycles. The summed E-state index contributed by atoms with van der Waals surface area (Å²) in [6, 6.07) is 4.86. The highest BCUT2D eigenvalue weighted by Crippen LogP contribution is 2.22. The summed E-state index contributed by atoms with van der Waals surface area (Å²) in [6.45, 7) is 5.47. The molecule has 0 aliphatic carbocycles. The predicted octanol–water partition coefficient (Wildman–Crippen LogP) is 3.43. The van der Waals surface area contributed by atoms with Gasteiger partial charge >= 0.3 is 0 Å². The molecule has 0 atom stereocenters. The topological polar surface area (TPSA) is 37.0 Å². The Morgan fingerprint density at radius 3 is 2.88 bits per heavy atom. The van der Waals surface area contributed by atoms with Gasteiger partial charge in [-0.15, -0.1) is 0 Å². The number of aryl methyl sites for hydroxylation is 1. The van der Waals surface area contributed by atoms with Crippen molar-refractivity contribution in [2.75, 3.05) is 17.2 Å². The number of hydrogen-bond acceptors (Lipinski definition) is 3. The highest BCUT2D eigenvalue weighted by Gasteiger charge is 2.10. The molecule has 94 valence electrons. The van der Waals surface area contributed by atoms with Gasteiger partial charge in [-0.25, -0.2) is 4.98 Å². The second-order valence-corrected chi connectivity index (χ2v) is 4.75. The summed E-state index contributed by atoms with van der Waals surface area (Å²) in [6.07, 6.45) is 5.94. The van der Waals surface area contributed by atoms with Crippen LogP contribution in [0, 0.1) is 0 Å². The molecule has 17 heavy (non-hydrogen) atoms. The van der Waals surface area contributed by atoms with Gasteiger partial charge in [0.05, 0.1) is 0 Å². The monoisotopic (exact) mass is 233 g/mol. The number of anilines is 2. The molecular formula is C14H23N3. The SMILES string of the molecule is CCC(CC)Nc1ccc2c(n1)NCCCC2. The van der Waals surface area contributed by atoms with Gasteiger partial charge in [0.25, 0.3) is 0 Å². The molecule has 1 aliphatic heterocycles. The molecular weight excluding hydrogens is 210 g/mol. The first kappa shape index (κ1) is 12.2. The molecule has 0 bridgehead atoms. The number of hydrogen-bond donors (Lipinski definition) is 2. The van der Waals surface area contributed by atoms with Crippen LogP contribution in [-0.4, -0.2) is 17.6 Å². The average molecular weight is 233 g/mol. The molecule has 3 heteroatoms. The number of nitrogens with zero attached hydrogens (tertiary/aromatic N) is 1. The molecule has 0 amide bonds. The van der Waals surface area contributed by atoms with E-state index in [1.54, 1.807) is 0 Å². The summed E-state index contributed by atoms with van der Waals surface area (Å²) in [5, 5.41) is 6.92. The first-order chi connectivity index (χ1) is 8.33. The zero-order chi connectivity index (χ0) is 12.1. The van der Waals surface area contributed by atoms with Gasteiger partial charge < -0.3 is 10.6 Å². The third-order valence-corrected chi connectivity index (χ3v) is 3.48. The first-order valence-electron chi connectivity index (χ1n) is 6.83. The van der Waals surface area contributed by atoms with Crippen LogP contribution in [0.2, 0.25) is 0 Å². The van der Waals surface area contributed by atoms with Gasteiger partial charge in [-0.05, 0) is 43.7 Å². The van der Waals surface area contributed by atoms with Crippen LogP contribution in [-0.2, 0) is 6.42 Å². The molecule has 1 aliphatic rings. The lowest BCUT2D eigenvalue weighted by molar-refractivity contribution is 0.668. The molecule has 0 fully saturated rings. The summed E-state index contributed by atoms with van der Waals surface area (Å²) < 4.78 is 0. The Kier molecular flexibility index (Phi) is 4.24. The lowest BCUT2D eigenvalue weighted by Gasteiger charge is -2.17. The number of rotatable bonds is 4. The van der Waals surface area contributed by atoms with Crippen LogP contribution in [0.25, 0.3) is 0 Å². The van der Waals surface area contributed by atoms with Crippen LogP contribution in [0.1, 0.15) is 45.1 Å². The normalized spacial score (nSPS) is 15.0. The predicted molar refractivity (Wildman–Crippen MR) is 73.7 cm³/mol. The van der Waals surface area contributed by atoms with Crippen molar-refractivity contribution in [1.82, 2.24) is 4.98 Å². The molecule has 2 N–H and O–H groups in total. The summed E-state index contributed by atoms with van der Waals surface area (Å²) in [7, 11) is 0. The van der Waals surface area contributed by atoms with Crippen LogP contribution in [0.15, 0.2) is 12.1 Å². The number of pyridine rings is 1. The lowest BCUT2D eigenvalue weighted by atomic mass is 10.1. The minimum atomic E-state index is 0.534. The second kappa shape index (κ2) is 5.89. The molecule has 2 heterocycles. The van der Waals surface area contributed by atoms with Crippen LogP contribution in [0.5, 0.6) is 0 Å². The summed E-state index contributed by atoms with van der Waals surface area (Å²) in [5.74, 6) is 2.09. The molecule has 2 rings (SSSR count). The quantitative estimate of drug-likeness (QED) is 0.836. The number of aromatic nitrogens is 1. The smallest absolute Gasteiger partial charge is 0.131 e. The van der Waals surface area contributed by atoms with E-state index in [1.807, 2.05) is 0 Å². The van der Waals surface area contributed by atoms with E-state index in [2.05, 4.69) is 41.6 Å². The van der Waals surface area contributed by atoms with E-state index in [4.69, 9.17) is 0 Å². The third kappa shape index (κ3) is 3.11. The first-order valence-corrected chi connectivity index (χ1v) is 6.83. The molecule has 0 saturated heterocycles. The van der Waals surface area contributed by atoms with Crippen molar-refractivity contribution in [2.45, 2.75) is 52.0 Å². The summed E-state index contributed by atoms with van der Waals surface area (Å²) >= 11 is 0. The van der Waals surface area contributed by atoms with Crippen LogP contribution in [0.3, 0.4) is 0 Å². The molecule has 0 saturated carbocycles. The Labute approximate surface area is 104 Å². The number of fused-ring (bicyclic) bond motifs is 1. The fraction of sp³-hybridized carbons (Fsp3) is 0.643. The Hall–Kier alpha value is -1.25. The standard InChI is InChI=1S/C14H23N3/c1-3-12(4-2)16-13-9-8-11-7-5-6-10-15-14(11)17-13/h8-9,12H,3-7,10H2,1-2H3,(H2,15,16,17). The summed E-state index contributed by atoms with van der Waals surface area (Å²) in [4.78, 5) is 4.69. The van der Waals surface area contributed by atoms with Gasteiger partial charge in [0.15, 0.2) is 0 Å². The van der Waals surface area contributed by atoms with E-state index >= 15 is 0 Å². The van der Waals surface area contributed by atoms with Crippen molar-refractivity contribution < 1.29 is 0 Å². The fourth-order valence-electron chi connectivity index (χ4n) is 2.27. The van der Waals surface area contributed by atoms with Crippen LogP contribution >= 0.6 is 0 Å². The molecule has 3 nitrogen and oxygen atoms in total. The zero-order valence-corrected chi connectivity index (χ0v) is 10.9. The van der Waals surface area contributed by atoms with Crippen molar-refractivity contribution in [1.29, 1.82) is 0 Å². The fourth-order valence-corrected chi connectivity index (χ4v) is 2.27. The Balaban J connectivity index is 2.12. The van der Waals surface area contributed by atoms with Crippen molar-refractivity contribution in [3.05, 3.63) is 17.7 Å². The van der Waals surface area contributed by atoms with Gasteiger partial charge in [-0.2, -0.15) is 0 Å². The summed E-state index contributed by atoms with van der Waals surface area (Å²) in [5.41, 5.74) is 1.36. The maximum absolute atomic E-state index is 4.69. The van der Waals surface area contributed by atoms with Crippen LogP contribution in [0.4, 0.5) is 11.6 Å². The van der Waals surface area contributed by atoms with Crippen molar-refractivity contribution >= 4 is 11.6 Å². The van der Waals surface area contributed by atoms with Gasteiger partial charge in [0.1, 0.15) is 11.6 Å². The minimum absolute atomic E-state index is 0.534. The minimum Gasteiger partial charge on any atom is -0.370 e. The molecule has 1 aromatic heterocycles. The molecule has 0 spiro atoms. The molecule has 1 aromatic rings.